The molecule has 0 spiro atoms. The highest BCUT2D eigenvalue weighted by molar-refractivity contribution is 7.89. The van der Waals surface area contributed by atoms with Crippen LogP contribution in [0.15, 0.2) is 29.2 Å². The second-order valence-electron chi connectivity index (χ2n) is 5.87. The van der Waals surface area contributed by atoms with E-state index in [0.29, 0.717) is 18.7 Å². The Labute approximate surface area is 149 Å². The maximum Gasteiger partial charge on any atom is 0.338 e. The van der Waals surface area contributed by atoms with E-state index >= 15 is 0 Å². The van der Waals surface area contributed by atoms with Gasteiger partial charge in [0, 0.05) is 19.1 Å². The molecule has 0 saturated carbocycles. The highest BCUT2D eigenvalue weighted by Gasteiger charge is 2.31. The maximum absolute atomic E-state index is 12.7. The molecule has 1 aliphatic heterocycles. The molecule has 2 N–H and O–H groups in total. The minimum atomic E-state index is -3.56. The lowest BCUT2D eigenvalue weighted by molar-refractivity contribution is 0.0526. The fourth-order valence-corrected chi connectivity index (χ4v) is 4.28. The van der Waals surface area contributed by atoms with Gasteiger partial charge in [-0.1, -0.05) is 0 Å². The molecule has 6 nitrogen and oxygen atoms in total. The normalized spacial score (nSPS) is 20.0. The number of esters is 1. The van der Waals surface area contributed by atoms with Crippen LogP contribution in [-0.2, 0) is 14.8 Å². The average molecular weight is 377 g/mol. The van der Waals surface area contributed by atoms with E-state index in [2.05, 4.69) is 0 Å². The second kappa shape index (κ2) is 8.80. The van der Waals surface area contributed by atoms with Crippen LogP contribution in [0.4, 0.5) is 0 Å². The number of halogens is 1. The minimum Gasteiger partial charge on any atom is -0.462 e. The number of nitrogens with two attached hydrogens (primary N) is 1. The quantitative estimate of drug-likeness (QED) is 0.794. The number of hydrogen-bond acceptors (Lipinski definition) is 5. The number of ether oxygens (including phenoxy) is 1. The van der Waals surface area contributed by atoms with Crippen LogP contribution in [-0.4, -0.2) is 44.4 Å². The predicted octanol–water partition coefficient (Wildman–Crippen LogP) is 2.03. The molecule has 0 amide bonds. The fourth-order valence-electron chi connectivity index (χ4n) is 2.75. The topological polar surface area (TPSA) is 89.7 Å². The molecule has 1 aromatic rings. The van der Waals surface area contributed by atoms with Crippen molar-refractivity contribution in [3.8, 4) is 0 Å². The van der Waals surface area contributed by atoms with E-state index < -0.39 is 16.0 Å². The van der Waals surface area contributed by atoms with Gasteiger partial charge in [-0.25, -0.2) is 13.2 Å². The third-order valence-corrected chi connectivity index (χ3v) is 6.05. The zero-order valence-corrected chi connectivity index (χ0v) is 15.6. The summed E-state index contributed by atoms with van der Waals surface area (Å²) in [6, 6.07) is 5.85. The average Bonchev–Trinajstić information content (AvgIpc) is 2.55. The predicted molar refractivity (Wildman–Crippen MR) is 94.8 cm³/mol. The third-order valence-electron chi connectivity index (χ3n) is 4.17. The zero-order valence-electron chi connectivity index (χ0n) is 14.0. The minimum absolute atomic E-state index is 0. The lowest BCUT2D eigenvalue weighted by Crippen LogP contribution is -2.44. The highest BCUT2D eigenvalue weighted by atomic mass is 35.5. The lowest BCUT2D eigenvalue weighted by atomic mass is 9.93. The van der Waals surface area contributed by atoms with E-state index in [1.165, 1.54) is 28.6 Å². The van der Waals surface area contributed by atoms with Crippen molar-refractivity contribution >= 4 is 28.4 Å². The van der Waals surface area contributed by atoms with Crippen molar-refractivity contribution in [2.24, 2.45) is 11.7 Å². The molecule has 2 rings (SSSR count). The number of piperidine rings is 1. The van der Waals surface area contributed by atoms with Crippen LogP contribution >= 0.6 is 12.4 Å². The number of sulfonamides is 1. The van der Waals surface area contributed by atoms with Crippen LogP contribution in [0.1, 0.15) is 37.0 Å². The van der Waals surface area contributed by atoms with Gasteiger partial charge in [0.25, 0.3) is 0 Å². The molecule has 8 heteroatoms. The van der Waals surface area contributed by atoms with Crippen molar-refractivity contribution in [1.82, 2.24) is 4.31 Å². The van der Waals surface area contributed by atoms with E-state index in [-0.39, 0.29) is 35.9 Å². The molecule has 1 heterocycles. The molecule has 1 fully saturated rings. The van der Waals surface area contributed by atoms with Crippen LogP contribution in [0.3, 0.4) is 0 Å². The first-order valence-electron chi connectivity index (χ1n) is 7.89. The van der Waals surface area contributed by atoms with E-state index in [4.69, 9.17) is 10.5 Å². The molecule has 2 atom stereocenters. The summed E-state index contributed by atoms with van der Waals surface area (Å²) >= 11 is 0. The summed E-state index contributed by atoms with van der Waals surface area (Å²) in [6.45, 7) is 4.87. The Kier molecular flexibility index (Phi) is 7.66. The van der Waals surface area contributed by atoms with Crippen molar-refractivity contribution in [1.29, 1.82) is 0 Å². The summed E-state index contributed by atoms with van der Waals surface area (Å²) in [5.74, 6) is -0.274. The van der Waals surface area contributed by atoms with Gasteiger partial charge >= 0.3 is 5.97 Å². The van der Waals surface area contributed by atoms with Gasteiger partial charge in [0.15, 0.2) is 0 Å². The SMILES string of the molecule is CCOC(=O)c1ccc(S(=O)(=O)N2CCCC(C(C)N)C2)cc1.Cl. The Bertz CT molecular complexity index is 647. The van der Waals surface area contributed by atoms with Gasteiger partial charge in [-0.3, -0.25) is 0 Å². The lowest BCUT2D eigenvalue weighted by Gasteiger charge is -2.33. The van der Waals surface area contributed by atoms with Gasteiger partial charge in [-0.15, -0.1) is 12.4 Å². The van der Waals surface area contributed by atoms with E-state index in [9.17, 15) is 13.2 Å². The summed E-state index contributed by atoms with van der Waals surface area (Å²) in [5.41, 5.74) is 6.27. The van der Waals surface area contributed by atoms with Crippen molar-refractivity contribution in [3.05, 3.63) is 29.8 Å². The maximum atomic E-state index is 12.7. The molecule has 24 heavy (non-hydrogen) atoms. The summed E-state index contributed by atoms with van der Waals surface area (Å²) in [4.78, 5) is 11.8. The molecule has 0 bridgehead atoms. The number of carbonyl (C=O) groups excluding carboxylic acids is 1. The van der Waals surface area contributed by atoms with Crippen LogP contribution in [0.2, 0.25) is 0 Å². The summed E-state index contributed by atoms with van der Waals surface area (Å²) in [7, 11) is -3.56. The smallest absolute Gasteiger partial charge is 0.338 e. The number of carbonyl (C=O) groups is 1. The summed E-state index contributed by atoms with van der Waals surface area (Å²) < 4.78 is 31.8. The Balaban J connectivity index is 0.00000288. The van der Waals surface area contributed by atoms with Gasteiger partial charge in [0.05, 0.1) is 17.1 Å². The first-order chi connectivity index (χ1) is 10.9. The molecule has 0 radical (unpaired) electrons. The van der Waals surface area contributed by atoms with E-state index in [0.717, 1.165) is 12.8 Å². The van der Waals surface area contributed by atoms with Crippen LogP contribution in [0, 0.1) is 5.92 Å². The number of benzene rings is 1. The second-order valence-corrected chi connectivity index (χ2v) is 7.81. The summed E-state index contributed by atoms with van der Waals surface area (Å²) in [6.07, 6.45) is 1.76. The van der Waals surface area contributed by atoms with Crippen molar-refractivity contribution < 1.29 is 17.9 Å². The number of nitrogens with zero attached hydrogens (tertiary/aromatic N) is 1. The first-order valence-corrected chi connectivity index (χ1v) is 9.33. The Morgan fingerprint density at radius 3 is 2.54 bits per heavy atom. The molecule has 136 valence electrons. The molecule has 1 aromatic carbocycles. The van der Waals surface area contributed by atoms with Crippen molar-refractivity contribution in [3.63, 3.8) is 0 Å². The molecule has 1 aliphatic rings. The van der Waals surface area contributed by atoms with Crippen LogP contribution in [0.25, 0.3) is 0 Å². The largest absolute Gasteiger partial charge is 0.462 e. The number of rotatable bonds is 5. The number of hydrogen-bond donors (Lipinski definition) is 1. The Morgan fingerprint density at radius 1 is 1.38 bits per heavy atom. The molecule has 0 aliphatic carbocycles. The molecular weight excluding hydrogens is 352 g/mol. The van der Waals surface area contributed by atoms with Gasteiger partial charge in [-0.2, -0.15) is 4.31 Å². The standard InChI is InChI=1S/C16H24N2O4S.ClH/c1-3-22-16(19)13-6-8-15(9-7-13)23(20,21)18-10-4-5-14(11-18)12(2)17;/h6-9,12,14H,3-5,10-11,17H2,1-2H3;1H. The van der Waals surface area contributed by atoms with E-state index in [1.54, 1.807) is 6.92 Å². The van der Waals surface area contributed by atoms with E-state index in [1.807, 2.05) is 6.92 Å². The van der Waals surface area contributed by atoms with Gasteiger partial charge in [0.2, 0.25) is 10.0 Å². The third kappa shape index (κ3) is 4.69. The van der Waals surface area contributed by atoms with Gasteiger partial charge in [-0.05, 0) is 56.9 Å². The molecular formula is C16H25ClN2O4S. The fraction of sp³-hybridized carbons (Fsp3) is 0.562. The van der Waals surface area contributed by atoms with Crippen LogP contribution < -0.4 is 5.73 Å². The van der Waals surface area contributed by atoms with Gasteiger partial charge in [0.1, 0.15) is 0 Å². The molecule has 0 aromatic heterocycles. The molecule has 1 saturated heterocycles. The monoisotopic (exact) mass is 376 g/mol. The van der Waals surface area contributed by atoms with Crippen molar-refractivity contribution in [2.45, 2.75) is 37.6 Å². The highest BCUT2D eigenvalue weighted by Crippen LogP contribution is 2.25. The van der Waals surface area contributed by atoms with Crippen molar-refractivity contribution in [2.75, 3.05) is 19.7 Å². The zero-order chi connectivity index (χ0) is 17.0. The van der Waals surface area contributed by atoms with Crippen LogP contribution in [0.5, 0.6) is 0 Å². The molecule has 2 unspecified atom stereocenters. The Morgan fingerprint density at radius 2 is 2.00 bits per heavy atom. The Hall–Kier alpha value is -1.15. The summed E-state index contributed by atoms with van der Waals surface area (Å²) in [5, 5.41) is 0. The first kappa shape index (κ1) is 20.9. The van der Waals surface area contributed by atoms with Gasteiger partial charge < -0.3 is 10.5 Å².